The number of methoxy groups -OCH3 is 1. The van der Waals surface area contributed by atoms with Crippen LogP contribution in [0.5, 0.6) is 0 Å². The standard InChI is InChI=1S/C24H30O11/c1-22-9-14(26)13-8-24(22,34-20-18(29)17(28)16(27)15(10-25)33-20)23(13,21(31-2)35-22)11-32-19(30)12-6-4-3-5-7-12/h3-7,13,15-18,20-21,25,27-29H,8-11H2,1-2H3. The topological polar surface area (TPSA) is 161 Å². The van der Waals surface area contributed by atoms with Crippen LogP contribution in [-0.2, 0) is 28.5 Å². The van der Waals surface area contributed by atoms with Crippen molar-refractivity contribution in [1.82, 2.24) is 0 Å². The smallest absolute Gasteiger partial charge is 0.338 e. The molecule has 5 fully saturated rings. The molecule has 0 amide bonds. The number of benzene rings is 1. The van der Waals surface area contributed by atoms with Crippen molar-refractivity contribution in [2.75, 3.05) is 20.3 Å². The van der Waals surface area contributed by atoms with Crippen LogP contribution in [0.3, 0.4) is 0 Å². The first-order chi connectivity index (χ1) is 16.6. The van der Waals surface area contributed by atoms with Crippen molar-refractivity contribution in [3.8, 4) is 0 Å². The zero-order valence-corrected chi connectivity index (χ0v) is 19.4. The largest absolute Gasteiger partial charge is 0.461 e. The number of ether oxygens (including phenoxy) is 5. The van der Waals surface area contributed by atoms with Crippen molar-refractivity contribution >= 4 is 11.8 Å². The van der Waals surface area contributed by atoms with Crippen LogP contribution < -0.4 is 0 Å². The number of Topliss-reactive ketones (excluding diaryl/α,β-unsaturated/α-hetero) is 1. The van der Waals surface area contributed by atoms with E-state index in [1.54, 1.807) is 37.3 Å². The zero-order chi connectivity index (χ0) is 25.2. The summed E-state index contributed by atoms with van der Waals surface area (Å²) in [6.07, 6.45) is -8.23. The monoisotopic (exact) mass is 494 g/mol. The highest BCUT2D eigenvalue weighted by atomic mass is 16.8. The molecule has 5 aliphatic rings. The van der Waals surface area contributed by atoms with E-state index in [1.807, 2.05) is 0 Å². The van der Waals surface area contributed by atoms with Gasteiger partial charge in [-0.2, -0.15) is 0 Å². The fourth-order valence-corrected chi connectivity index (χ4v) is 6.38. The van der Waals surface area contributed by atoms with Crippen LogP contribution in [-0.4, -0.2) is 101 Å². The minimum Gasteiger partial charge on any atom is -0.461 e. The third-order valence-electron chi connectivity index (χ3n) is 8.24. The maximum atomic E-state index is 13.1. The van der Waals surface area contributed by atoms with Crippen molar-refractivity contribution in [3.05, 3.63) is 35.9 Å². The van der Waals surface area contributed by atoms with E-state index in [1.165, 1.54) is 7.11 Å². The summed E-state index contributed by atoms with van der Waals surface area (Å²) in [6, 6.07) is 8.39. The first-order valence-electron chi connectivity index (χ1n) is 11.6. The predicted octanol–water partition coefficient (Wildman–Crippen LogP) is -0.861. The van der Waals surface area contributed by atoms with Gasteiger partial charge in [0.1, 0.15) is 48.0 Å². The maximum Gasteiger partial charge on any atom is 0.338 e. The molecule has 10 unspecified atom stereocenters. The third kappa shape index (κ3) is 3.27. The zero-order valence-electron chi connectivity index (χ0n) is 19.4. The number of aliphatic hydroxyl groups is 4. The second kappa shape index (κ2) is 8.56. The van der Waals surface area contributed by atoms with Gasteiger partial charge in [0.05, 0.1) is 17.6 Å². The third-order valence-corrected chi connectivity index (χ3v) is 8.24. The fraction of sp³-hybridized carbons (Fsp3) is 0.667. The highest BCUT2D eigenvalue weighted by Crippen LogP contribution is 2.74. The number of rotatable bonds is 7. The van der Waals surface area contributed by atoms with Gasteiger partial charge in [0.25, 0.3) is 0 Å². The van der Waals surface area contributed by atoms with E-state index in [-0.39, 0.29) is 25.2 Å². The van der Waals surface area contributed by atoms with Crippen LogP contribution in [0.15, 0.2) is 30.3 Å². The molecule has 3 saturated carbocycles. The van der Waals surface area contributed by atoms with Gasteiger partial charge in [0.15, 0.2) is 12.6 Å². The fourth-order valence-electron chi connectivity index (χ4n) is 6.38. The molecule has 2 aliphatic heterocycles. The SMILES string of the molecule is COC1OC2(C)CC(=O)C3CC2(OC2OC(CO)C(O)C(O)C2O)C13COC(=O)c1ccccc1. The van der Waals surface area contributed by atoms with Crippen LogP contribution in [0.2, 0.25) is 0 Å². The Balaban J connectivity index is 1.49. The van der Waals surface area contributed by atoms with Gasteiger partial charge in [-0.15, -0.1) is 0 Å². The van der Waals surface area contributed by atoms with Crippen molar-refractivity contribution < 1.29 is 53.7 Å². The van der Waals surface area contributed by atoms with E-state index in [0.29, 0.717) is 5.56 Å². The molecular weight excluding hydrogens is 464 g/mol. The maximum absolute atomic E-state index is 13.1. The Hall–Kier alpha value is -1.96. The molecule has 11 heteroatoms. The molecule has 1 aromatic carbocycles. The molecule has 2 heterocycles. The Labute approximate surface area is 201 Å². The Morgan fingerprint density at radius 3 is 2.51 bits per heavy atom. The molecule has 2 saturated heterocycles. The number of carbonyl (C=O) groups excluding carboxylic acids is 2. The molecule has 11 nitrogen and oxygen atoms in total. The highest BCUT2D eigenvalue weighted by Gasteiger charge is 2.87. The molecule has 6 rings (SSSR count). The molecule has 0 spiro atoms. The van der Waals surface area contributed by atoms with Gasteiger partial charge in [-0.1, -0.05) is 18.2 Å². The van der Waals surface area contributed by atoms with Crippen LogP contribution in [0.25, 0.3) is 0 Å². The lowest BCUT2D eigenvalue weighted by Gasteiger charge is -2.66. The molecule has 3 aliphatic carbocycles. The lowest BCUT2D eigenvalue weighted by atomic mass is 9.41. The molecule has 4 N–H and O–H groups in total. The van der Waals surface area contributed by atoms with E-state index in [0.717, 1.165) is 0 Å². The lowest BCUT2D eigenvalue weighted by Crippen LogP contribution is -2.80. The van der Waals surface area contributed by atoms with Crippen molar-refractivity contribution in [3.63, 3.8) is 0 Å². The van der Waals surface area contributed by atoms with Gasteiger partial charge in [-0.3, -0.25) is 4.79 Å². The van der Waals surface area contributed by atoms with Crippen LogP contribution in [0.1, 0.15) is 30.1 Å². The minimum atomic E-state index is -1.65. The van der Waals surface area contributed by atoms with E-state index in [9.17, 15) is 30.0 Å². The average molecular weight is 494 g/mol. The lowest BCUT2D eigenvalue weighted by molar-refractivity contribution is -0.381. The van der Waals surface area contributed by atoms with Crippen LogP contribution in [0.4, 0.5) is 0 Å². The summed E-state index contributed by atoms with van der Waals surface area (Å²) in [5.74, 6) is -1.28. The molecule has 10 atom stereocenters. The molecule has 0 radical (unpaired) electrons. The predicted molar refractivity (Wildman–Crippen MR) is 115 cm³/mol. The van der Waals surface area contributed by atoms with E-state index < -0.39 is 72.1 Å². The van der Waals surface area contributed by atoms with Crippen LogP contribution in [0, 0.1) is 11.3 Å². The Morgan fingerprint density at radius 1 is 1.14 bits per heavy atom. The van der Waals surface area contributed by atoms with Gasteiger partial charge in [0, 0.05) is 19.4 Å². The molecule has 192 valence electrons. The number of esters is 1. The highest BCUT2D eigenvalue weighted by molar-refractivity contribution is 5.90. The Bertz CT molecular complexity index is 985. The van der Waals surface area contributed by atoms with Crippen molar-refractivity contribution in [2.45, 2.75) is 68.0 Å². The van der Waals surface area contributed by atoms with Gasteiger partial charge < -0.3 is 44.1 Å². The molecule has 4 bridgehead atoms. The average Bonchev–Trinajstić information content (AvgIpc) is 2.93. The van der Waals surface area contributed by atoms with Crippen molar-refractivity contribution in [1.29, 1.82) is 0 Å². The number of hydrogen-bond donors (Lipinski definition) is 4. The van der Waals surface area contributed by atoms with Gasteiger partial charge >= 0.3 is 5.97 Å². The first kappa shape index (κ1) is 24.7. The number of aliphatic hydroxyl groups excluding tert-OH is 4. The number of hydrogen-bond acceptors (Lipinski definition) is 11. The summed E-state index contributed by atoms with van der Waals surface area (Å²) in [7, 11) is 1.42. The Kier molecular flexibility index (Phi) is 6.05. The normalized spacial score (nSPS) is 46.2. The molecule has 0 aromatic heterocycles. The summed E-state index contributed by atoms with van der Waals surface area (Å²) in [5, 5.41) is 40.6. The minimum absolute atomic E-state index is 0.00330. The number of carbonyl (C=O) groups is 2. The number of fused-ring (bicyclic) bond motifs is 1. The van der Waals surface area contributed by atoms with Gasteiger partial charge in [-0.05, 0) is 25.5 Å². The van der Waals surface area contributed by atoms with E-state index >= 15 is 0 Å². The van der Waals surface area contributed by atoms with E-state index in [4.69, 9.17) is 23.7 Å². The summed E-state index contributed by atoms with van der Waals surface area (Å²) in [5.41, 5.74) is -3.41. The van der Waals surface area contributed by atoms with Crippen molar-refractivity contribution in [2.24, 2.45) is 11.3 Å². The first-order valence-corrected chi connectivity index (χ1v) is 11.6. The Morgan fingerprint density at radius 2 is 1.86 bits per heavy atom. The molecule has 1 aromatic rings. The van der Waals surface area contributed by atoms with E-state index in [2.05, 4.69) is 0 Å². The quantitative estimate of drug-likeness (QED) is 0.349. The molecule has 35 heavy (non-hydrogen) atoms. The summed E-state index contributed by atoms with van der Waals surface area (Å²) >= 11 is 0. The summed E-state index contributed by atoms with van der Waals surface area (Å²) < 4.78 is 29.5. The molecular formula is C24H30O11. The van der Waals surface area contributed by atoms with Gasteiger partial charge in [-0.25, -0.2) is 4.79 Å². The number of ketones is 1. The summed E-state index contributed by atoms with van der Waals surface area (Å²) in [6.45, 7) is 0.812. The van der Waals surface area contributed by atoms with Crippen LogP contribution >= 0.6 is 0 Å². The second-order valence-electron chi connectivity index (χ2n) is 9.94. The summed E-state index contributed by atoms with van der Waals surface area (Å²) in [4.78, 5) is 25.8. The second-order valence-corrected chi connectivity index (χ2v) is 9.94. The van der Waals surface area contributed by atoms with Gasteiger partial charge in [0.2, 0.25) is 0 Å².